The van der Waals surface area contributed by atoms with Crippen molar-refractivity contribution in [3.8, 4) is 23.1 Å². The first-order valence-electron chi connectivity index (χ1n) is 8.85. The number of amides is 1. The molecule has 1 heterocycles. The summed E-state index contributed by atoms with van der Waals surface area (Å²) in [6.45, 7) is 3.76. The number of anilines is 1. The van der Waals surface area contributed by atoms with Crippen LogP contribution in [-0.2, 0) is 9.53 Å². The smallest absolute Gasteiger partial charge is 0.336 e. The van der Waals surface area contributed by atoms with Crippen LogP contribution in [-0.4, -0.2) is 40.5 Å². The van der Waals surface area contributed by atoms with Gasteiger partial charge in [0.25, 0.3) is 0 Å². The predicted molar refractivity (Wildman–Crippen MR) is 113 cm³/mol. The van der Waals surface area contributed by atoms with Gasteiger partial charge in [-0.15, -0.1) is 5.10 Å². The Kier molecular flexibility index (Phi) is 6.74. The van der Waals surface area contributed by atoms with Gasteiger partial charge in [-0.05, 0) is 50.2 Å². The fourth-order valence-corrected chi connectivity index (χ4v) is 2.90. The van der Waals surface area contributed by atoms with Crippen LogP contribution in [0.3, 0.4) is 0 Å². The Labute approximate surface area is 178 Å². The average molecular weight is 435 g/mol. The van der Waals surface area contributed by atoms with Gasteiger partial charge in [-0.1, -0.05) is 29.3 Å². The lowest BCUT2D eigenvalue weighted by Crippen LogP contribution is -2.17. The Hall–Kier alpha value is -2.61. The molecule has 0 fully saturated rings. The maximum atomic E-state index is 11.8. The lowest BCUT2D eigenvalue weighted by molar-refractivity contribution is -0.119. The fraction of sp³-hybridized carbons (Fsp3) is 0.250. The van der Waals surface area contributed by atoms with E-state index >= 15 is 0 Å². The van der Waals surface area contributed by atoms with Crippen molar-refractivity contribution in [3.05, 3.63) is 52.5 Å². The SMILES string of the molecule is COCC(=O)Nc1cccc(-n2nc(OC(C)C)nc2-c2ccc(Cl)c(Cl)c2)c1. The van der Waals surface area contributed by atoms with Gasteiger partial charge in [-0.25, -0.2) is 4.68 Å². The zero-order valence-electron chi connectivity index (χ0n) is 16.1. The number of carbonyl (C=O) groups excluding carboxylic acids is 1. The topological polar surface area (TPSA) is 78.3 Å². The van der Waals surface area contributed by atoms with E-state index in [4.69, 9.17) is 32.7 Å². The van der Waals surface area contributed by atoms with Crippen LogP contribution < -0.4 is 10.1 Å². The van der Waals surface area contributed by atoms with Crippen LogP contribution in [0.5, 0.6) is 6.01 Å². The zero-order valence-corrected chi connectivity index (χ0v) is 17.7. The number of methoxy groups -OCH3 is 1. The first-order chi connectivity index (χ1) is 13.9. The highest BCUT2D eigenvalue weighted by Crippen LogP contribution is 2.30. The number of ether oxygens (including phenoxy) is 2. The van der Waals surface area contributed by atoms with Crippen LogP contribution in [0.1, 0.15) is 13.8 Å². The van der Waals surface area contributed by atoms with Crippen molar-refractivity contribution in [2.45, 2.75) is 20.0 Å². The summed E-state index contributed by atoms with van der Waals surface area (Å²) in [7, 11) is 1.46. The van der Waals surface area contributed by atoms with Crippen LogP contribution in [0.15, 0.2) is 42.5 Å². The molecule has 1 aromatic heterocycles. The van der Waals surface area contributed by atoms with Crippen molar-refractivity contribution in [1.29, 1.82) is 0 Å². The molecular weight excluding hydrogens is 415 g/mol. The lowest BCUT2D eigenvalue weighted by Gasteiger charge is -2.09. The Morgan fingerprint density at radius 2 is 1.97 bits per heavy atom. The number of nitrogens with zero attached hydrogens (tertiary/aromatic N) is 3. The van der Waals surface area contributed by atoms with Crippen molar-refractivity contribution in [2.75, 3.05) is 19.0 Å². The summed E-state index contributed by atoms with van der Waals surface area (Å²) in [5.41, 5.74) is 2.01. The van der Waals surface area contributed by atoms with Crippen LogP contribution >= 0.6 is 23.2 Å². The monoisotopic (exact) mass is 434 g/mol. The molecule has 0 spiro atoms. The molecule has 29 heavy (non-hydrogen) atoms. The molecule has 7 nitrogen and oxygen atoms in total. The summed E-state index contributed by atoms with van der Waals surface area (Å²) >= 11 is 12.2. The van der Waals surface area contributed by atoms with E-state index in [0.29, 0.717) is 27.2 Å². The molecule has 2 aromatic carbocycles. The summed E-state index contributed by atoms with van der Waals surface area (Å²) in [4.78, 5) is 16.3. The van der Waals surface area contributed by atoms with E-state index in [0.717, 1.165) is 5.56 Å². The Bertz CT molecular complexity index is 1020. The van der Waals surface area contributed by atoms with Crippen LogP contribution in [0.25, 0.3) is 17.1 Å². The molecule has 0 saturated carbocycles. The highest BCUT2D eigenvalue weighted by atomic mass is 35.5. The molecule has 0 radical (unpaired) electrons. The van der Waals surface area contributed by atoms with E-state index in [2.05, 4.69) is 15.4 Å². The zero-order chi connectivity index (χ0) is 21.0. The van der Waals surface area contributed by atoms with E-state index in [9.17, 15) is 4.79 Å². The van der Waals surface area contributed by atoms with Gasteiger partial charge < -0.3 is 14.8 Å². The maximum Gasteiger partial charge on any atom is 0.336 e. The maximum absolute atomic E-state index is 11.8. The summed E-state index contributed by atoms with van der Waals surface area (Å²) in [6, 6.07) is 12.7. The van der Waals surface area contributed by atoms with Crippen LogP contribution in [0.2, 0.25) is 10.0 Å². The standard InChI is InChI=1S/C20H20Cl2N4O3/c1-12(2)29-20-24-19(13-7-8-16(21)17(22)9-13)26(25-20)15-6-4-5-14(10-15)23-18(27)11-28-3/h4-10,12H,11H2,1-3H3,(H,23,27). The quantitative estimate of drug-likeness (QED) is 0.586. The molecular formula is C20H20Cl2N4O3. The van der Waals surface area contributed by atoms with Crippen LogP contribution in [0.4, 0.5) is 5.69 Å². The van der Waals surface area contributed by atoms with Gasteiger partial charge in [0.1, 0.15) is 6.61 Å². The number of rotatable bonds is 7. The number of hydrogen-bond acceptors (Lipinski definition) is 5. The van der Waals surface area contributed by atoms with Crippen LogP contribution in [0, 0.1) is 0 Å². The van der Waals surface area contributed by atoms with Gasteiger partial charge in [0, 0.05) is 18.4 Å². The molecule has 3 aromatic rings. The molecule has 1 N–H and O–H groups in total. The first-order valence-corrected chi connectivity index (χ1v) is 9.61. The number of aromatic nitrogens is 3. The third kappa shape index (κ3) is 5.26. The average Bonchev–Trinajstić information content (AvgIpc) is 3.07. The molecule has 9 heteroatoms. The van der Waals surface area contributed by atoms with E-state index < -0.39 is 0 Å². The van der Waals surface area contributed by atoms with E-state index in [1.54, 1.807) is 41.1 Å². The lowest BCUT2D eigenvalue weighted by atomic mass is 10.2. The fourth-order valence-electron chi connectivity index (χ4n) is 2.60. The van der Waals surface area contributed by atoms with E-state index in [1.165, 1.54) is 7.11 Å². The number of nitrogens with one attached hydrogen (secondary N) is 1. The largest absolute Gasteiger partial charge is 0.460 e. The third-order valence-corrected chi connectivity index (χ3v) is 4.50. The summed E-state index contributed by atoms with van der Waals surface area (Å²) in [6.07, 6.45) is -0.0906. The van der Waals surface area contributed by atoms with Gasteiger partial charge in [0.15, 0.2) is 5.82 Å². The van der Waals surface area contributed by atoms with Gasteiger partial charge in [-0.2, -0.15) is 4.98 Å². The van der Waals surface area contributed by atoms with Gasteiger partial charge in [0.2, 0.25) is 5.91 Å². The Morgan fingerprint density at radius 3 is 2.66 bits per heavy atom. The number of carbonyl (C=O) groups is 1. The summed E-state index contributed by atoms with van der Waals surface area (Å²) in [5.74, 6) is 0.274. The number of hydrogen-bond donors (Lipinski definition) is 1. The second-order valence-electron chi connectivity index (χ2n) is 6.46. The molecule has 3 rings (SSSR count). The second kappa shape index (κ2) is 9.26. The number of halogens is 2. The van der Waals surface area contributed by atoms with E-state index in [-0.39, 0.29) is 24.6 Å². The molecule has 0 aliphatic carbocycles. The first kappa shape index (κ1) is 21.1. The molecule has 0 saturated heterocycles. The second-order valence-corrected chi connectivity index (χ2v) is 7.27. The molecule has 1 amide bonds. The third-order valence-electron chi connectivity index (χ3n) is 3.76. The molecule has 152 valence electrons. The normalized spacial score (nSPS) is 11.0. The highest BCUT2D eigenvalue weighted by molar-refractivity contribution is 6.42. The summed E-state index contributed by atoms with van der Waals surface area (Å²) in [5, 5.41) is 8.10. The van der Waals surface area contributed by atoms with Crippen molar-refractivity contribution < 1.29 is 14.3 Å². The van der Waals surface area contributed by atoms with Gasteiger partial charge in [-0.3, -0.25) is 4.79 Å². The minimum atomic E-state index is -0.253. The van der Waals surface area contributed by atoms with Crippen molar-refractivity contribution in [2.24, 2.45) is 0 Å². The van der Waals surface area contributed by atoms with Crippen molar-refractivity contribution in [3.63, 3.8) is 0 Å². The molecule has 0 aliphatic heterocycles. The minimum Gasteiger partial charge on any atom is -0.460 e. The molecule has 0 atom stereocenters. The van der Waals surface area contributed by atoms with E-state index in [1.807, 2.05) is 19.9 Å². The van der Waals surface area contributed by atoms with Gasteiger partial charge >= 0.3 is 6.01 Å². The molecule has 0 unspecified atom stereocenters. The Morgan fingerprint density at radius 1 is 1.17 bits per heavy atom. The highest BCUT2D eigenvalue weighted by Gasteiger charge is 2.17. The minimum absolute atomic E-state index is 0.0333. The van der Waals surface area contributed by atoms with Gasteiger partial charge in [0.05, 0.1) is 21.8 Å². The Balaban J connectivity index is 2.04. The summed E-state index contributed by atoms with van der Waals surface area (Å²) < 4.78 is 12.1. The van der Waals surface area contributed by atoms with Crippen molar-refractivity contribution in [1.82, 2.24) is 14.8 Å². The molecule has 0 bridgehead atoms. The predicted octanol–water partition coefficient (Wildman–Crippen LogP) is 4.61. The number of benzene rings is 2. The van der Waals surface area contributed by atoms with Crippen molar-refractivity contribution >= 4 is 34.8 Å². The molecule has 0 aliphatic rings.